The van der Waals surface area contributed by atoms with Crippen molar-refractivity contribution in [2.75, 3.05) is 61.4 Å². The van der Waals surface area contributed by atoms with Gasteiger partial charge in [0.1, 0.15) is 18.4 Å². The molecule has 0 aliphatic carbocycles. The lowest BCUT2D eigenvalue weighted by Crippen LogP contribution is -2.43. The summed E-state index contributed by atoms with van der Waals surface area (Å²) in [6.07, 6.45) is 0.506. The minimum Gasteiger partial charge on any atom is -0.493 e. The number of methoxy groups -OCH3 is 1. The number of carbonyl (C=O) groups excluding carboxylic acids is 4. The SMILES string of the molecule is COc1cc(C(=O)N2CCC[C@H]2CO)c(NC(=O)OCc2ccc(NC(=O)C(CCCCNC(=O)O)NC(=O)O)cc2)cc1OCCCCCC(=O)N1C[C@@H](CCl)c2c1cc(OP(=O)(OC(C)(C)C)OC(C)(C)C)c1ccccc21. The average molecular weight is 1150 g/mol. The summed E-state index contributed by atoms with van der Waals surface area (Å²) >= 11 is 6.56. The number of hydrogen-bond acceptors (Lipinski definition) is 14. The van der Waals surface area contributed by atoms with E-state index in [0.29, 0.717) is 80.4 Å². The lowest BCUT2D eigenvalue weighted by molar-refractivity contribution is -0.119. The second-order valence-electron chi connectivity index (χ2n) is 21.5. The fraction of sp³-hybridized carbons (Fsp3) is 0.500. The molecule has 6 rings (SSSR count). The second-order valence-corrected chi connectivity index (χ2v) is 23.2. The molecule has 80 heavy (non-hydrogen) atoms. The normalized spacial score (nSPS) is 15.7. The van der Waals surface area contributed by atoms with E-state index in [0.717, 1.165) is 10.9 Å². The number of carbonyl (C=O) groups is 6. The summed E-state index contributed by atoms with van der Waals surface area (Å²) < 4.78 is 49.9. The molecule has 2 aliphatic rings. The lowest BCUT2D eigenvalue weighted by atomic mass is 9.95. The van der Waals surface area contributed by atoms with Gasteiger partial charge in [-0.2, -0.15) is 0 Å². The monoisotopic (exact) mass is 1150 g/mol. The van der Waals surface area contributed by atoms with E-state index in [9.17, 15) is 43.5 Å². The number of likely N-dealkylation sites (tertiary alicyclic amines) is 1. The Morgan fingerprint density at radius 1 is 0.825 bits per heavy atom. The van der Waals surface area contributed by atoms with E-state index in [1.54, 1.807) is 81.7 Å². The summed E-state index contributed by atoms with van der Waals surface area (Å²) in [7, 11) is -2.80. The molecule has 0 radical (unpaired) electrons. The summed E-state index contributed by atoms with van der Waals surface area (Å²) in [5, 5.41) is 39.3. The van der Waals surface area contributed by atoms with Crippen LogP contribution < -0.4 is 40.2 Å². The third-order valence-corrected chi connectivity index (χ3v) is 15.2. The minimum atomic E-state index is -4.22. The van der Waals surface area contributed by atoms with Gasteiger partial charge in [-0.3, -0.25) is 28.7 Å². The van der Waals surface area contributed by atoms with Crippen molar-refractivity contribution in [1.82, 2.24) is 15.5 Å². The van der Waals surface area contributed by atoms with Gasteiger partial charge in [-0.25, -0.2) is 18.9 Å². The number of amides is 6. The largest absolute Gasteiger partial charge is 0.531 e. The molecule has 436 valence electrons. The number of benzene rings is 4. The van der Waals surface area contributed by atoms with Crippen molar-refractivity contribution in [3.8, 4) is 17.2 Å². The predicted octanol–water partition coefficient (Wildman–Crippen LogP) is 10.6. The number of aliphatic hydroxyl groups excluding tert-OH is 1. The summed E-state index contributed by atoms with van der Waals surface area (Å²) in [6.45, 7) is 11.2. The Morgan fingerprint density at radius 3 is 2.16 bits per heavy atom. The highest BCUT2D eigenvalue weighted by molar-refractivity contribution is 7.49. The number of phosphoric acid groups is 1. The van der Waals surface area contributed by atoms with E-state index < -0.39 is 61.2 Å². The Hall–Kier alpha value is -6.84. The number of ether oxygens (including phenoxy) is 3. The van der Waals surface area contributed by atoms with E-state index in [1.165, 1.54) is 19.2 Å². The van der Waals surface area contributed by atoms with Crippen LogP contribution in [0.25, 0.3) is 10.8 Å². The molecular formula is C56H74ClN6O16P. The number of nitrogens with zero attached hydrogens (tertiary/aromatic N) is 2. The molecule has 7 N–H and O–H groups in total. The van der Waals surface area contributed by atoms with Crippen LogP contribution in [0, 0.1) is 0 Å². The zero-order valence-corrected chi connectivity index (χ0v) is 47.9. The van der Waals surface area contributed by atoms with E-state index >= 15 is 0 Å². The minimum absolute atomic E-state index is 0.0690. The first kappa shape index (κ1) is 62.4. The van der Waals surface area contributed by atoms with Crippen molar-refractivity contribution < 1.29 is 76.4 Å². The molecule has 2 heterocycles. The van der Waals surface area contributed by atoms with Crippen LogP contribution in [-0.4, -0.2) is 125 Å². The van der Waals surface area contributed by atoms with Gasteiger partial charge in [0, 0.05) is 61.1 Å². The molecule has 4 aromatic carbocycles. The highest BCUT2D eigenvalue weighted by Gasteiger charge is 2.41. The molecule has 2 aliphatic heterocycles. The molecule has 24 heteroatoms. The first-order valence-electron chi connectivity index (χ1n) is 26.6. The van der Waals surface area contributed by atoms with Crippen molar-refractivity contribution in [1.29, 1.82) is 0 Å². The van der Waals surface area contributed by atoms with Crippen LogP contribution >= 0.6 is 19.4 Å². The standard InChI is InChI=1S/C56H74ClN6O16P/c1-55(2,3)78-80(73,79-56(4,5)6)77-45-30-44-49(40-18-11-10-17-39(40)45)36(31-57)32-63(44)48(65)20-9-8-14-27-75-47-29-43(41(28-46(47)74-7)51(67)62-26-15-16-38(62)33-64)61-54(72)76-34-35-21-23-37(24-22-35)59-50(66)42(60-53(70)71)19-12-13-25-58-52(68)69/h10-11,17-18,21-24,28-30,36,38,42,58,60,64H,8-9,12-16,19-20,25-27,31-34H2,1-7H3,(H,59,66)(H,61,72)(H,68,69)(H,70,71)/t36-,38+,42?/m1/s1. The number of carboxylic acid groups (broad SMARTS) is 2. The summed E-state index contributed by atoms with van der Waals surface area (Å²) in [5.41, 5.74) is 0.758. The van der Waals surface area contributed by atoms with Gasteiger partial charge in [0.15, 0.2) is 11.5 Å². The Balaban J connectivity index is 1.09. The van der Waals surface area contributed by atoms with Gasteiger partial charge in [0.05, 0.1) is 54.5 Å². The Morgan fingerprint density at radius 2 is 1.52 bits per heavy atom. The van der Waals surface area contributed by atoms with Gasteiger partial charge in [0.2, 0.25) is 11.8 Å². The van der Waals surface area contributed by atoms with Gasteiger partial charge < -0.3 is 59.8 Å². The van der Waals surface area contributed by atoms with Crippen LogP contribution in [0.1, 0.15) is 127 Å². The number of alkyl halides is 1. The smallest absolute Gasteiger partial charge is 0.493 e. The van der Waals surface area contributed by atoms with Gasteiger partial charge >= 0.3 is 26.1 Å². The summed E-state index contributed by atoms with van der Waals surface area (Å²) in [6, 6.07) is 16.9. The van der Waals surface area contributed by atoms with Crippen LogP contribution in [0.3, 0.4) is 0 Å². The third-order valence-electron chi connectivity index (χ3n) is 12.9. The predicted molar refractivity (Wildman–Crippen MR) is 301 cm³/mol. The maximum absolute atomic E-state index is 14.3. The van der Waals surface area contributed by atoms with E-state index in [-0.39, 0.29) is 85.4 Å². The van der Waals surface area contributed by atoms with Crippen LogP contribution in [0.2, 0.25) is 0 Å². The van der Waals surface area contributed by atoms with E-state index in [1.807, 2.05) is 24.3 Å². The fourth-order valence-electron chi connectivity index (χ4n) is 9.43. The molecule has 4 aromatic rings. The van der Waals surface area contributed by atoms with Gasteiger partial charge in [0.25, 0.3) is 5.91 Å². The zero-order chi connectivity index (χ0) is 58.4. The molecule has 0 bridgehead atoms. The van der Waals surface area contributed by atoms with Crippen LogP contribution in [0.4, 0.5) is 31.4 Å². The second kappa shape index (κ2) is 28.0. The third kappa shape index (κ3) is 17.6. The number of phosphoric ester groups is 1. The maximum Gasteiger partial charge on any atom is 0.531 e. The zero-order valence-electron chi connectivity index (χ0n) is 46.3. The first-order chi connectivity index (χ1) is 37.9. The number of nitrogens with one attached hydrogen (secondary N) is 4. The molecule has 1 saturated heterocycles. The van der Waals surface area contributed by atoms with Crippen molar-refractivity contribution in [2.24, 2.45) is 0 Å². The Labute approximate surface area is 470 Å². The number of unbranched alkanes of at least 4 members (excludes halogenated alkanes) is 3. The molecule has 3 atom stereocenters. The molecule has 0 spiro atoms. The van der Waals surface area contributed by atoms with Crippen LogP contribution in [0.15, 0.2) is 66.7 Å². The fourth-order valence-corrected chi connectivity index (χ4v) is 11.5. The van der Waals surface area contributed by atoms with E-state index in [2.05, 4.69) is 21.3 Å². The molecule has 1 unspecified atom stereocenters. The molecule has 1 fully saturated rings. The first-order valence-corrected chi connectivity index (χ1v) is 28.6. The molecule has 0 saturated carbocycles. The number of halogens is 1. The van der Waals surface area contributed by atoms with Crippen molar-refractivity contribution in [3.63, 3.8) is 0 Å². The Kier molecular flexibility index (Phi) is 21.9. The molecular weight excluding hydrogens is 1080 g/mol. The van der Waals surface area contributed by atoms with E-state index in [4.69, 9.17) is 44.5 Å². The number of hydrogen-bond donors (Lipinski definition) is 7. The highest BCUT2D eigenvalue weighted by atomic mass is 35.5. The van der Waals surface area contributed by atoms with Crippen molar-refractivity contribution >= 4 is 83.3 Å². The van der Waals surface area contributed by atoms with Crippen LogP contribution in [-0.2, 0) is 34.5 Å². The number of aliphatic hydroxyl groups is 1. The quantitative estimate of drug-likeness (QED) is 0.0175. The molecule has 22 nitrogen and oxygen atoms in total. The van der Waals surface area contributed by atoms with Gasteiger partial charge in [-0.15, -0.1) is 11.6 Å². The summed E-state index contributed by atoms with van der Waals surface area (Å²) in [4.78, 5) is 79.9. The molecule has 6 amide bonds. The molecule has 0 aromatic heterocycles. The Bertz CT molecular complexity index is 2880. The van der Waals surface area contributed by atoms with Crippen molar-refractivity contribution in [3.05, 3.63) is 83.4 Å². The summed E-state index contributed by atoms with van der Waals surface area (Å²) in [5.74, 6) is -0.426. The van der Waals surface area contributed by atoms with Gasteiger partial charge in [-0.1, -0.05) is 36.4 Å². The number of anilines is 3. The average Bonchev–Trinajstić information content (AvgIpc) is 4.15. The maximum atomic E-state index is 14.3. The lowest BCUT2D eigenvalue weighted by Gasteiger charge is -2.31. The highest BCUT2D eigenvalue weighted by Crippen LogP contribution is 2.57. The number of fused-ring (bicyclic) bond motifs is 3. The number of rotatable bonds is 26. The van der Waals surface area contributed by atoms with Crippen LogP contribution in [0.5, 0.6) is 17.2 Å². The topological polar surface area (TPSA) is 290 Å². The van der Waals surface area contributed by atoms with Gasteiger partial charge in [-0.05, 0) is 128 Å². The van der Waals surface area contributed by atoms with Crippen molar-refractivity contribution in [2.45, 2.75) is 135 Å².